The maximum Gasteiger partial charge on any atom is 0.221 e. The summed E-state index contributed by atoms with van der Waals surface area (Å²) < 4.78 is 30.1. The Bertz CT molecular complexity index is 797. The molecule has 1 amide bonds. The van der Waals surface area contributed by atoms with Gasteiger partial charge in [-0.2, -0.15) is 0 Å². The molecule has 1 aromatic heterocycles. The van der Waals surface area contributed by atoms with E-state index in [1.807, 2.05) is 12.1 Å². The zero-order valence-electron chi connectivity index (χ0n) is 14.6. The number of furan rings is 1. The maximum absolute atomic E-state index is 12.3. The minimum absolute atomic E-state index is 0.0119. The van der Waals surface area contributed by atoms with E-state index in [1.54, 1.807) is 36.6 Å². The first-order valence-corrected chi connectivity index (χ1v) is 10.5. The topological polar surface area (TPSA) is 79.6 Å². The average molecular weight is 376 g/mol. The normalized spacial score (nSPS) is 16.5. The number of hydrogen-bond acceptors (Lipinski definition) is 5. The number of amides is 1. The number of sulfone groups is 1. The van der Waals surface area contributed by atoms with Crippen LogP contribution in [0.4, 0.5) is 0 Å². The second-order valence-electron chi connectivity index (χ2n) is 6.46. The highest BCUT2D eigenvalue weighted by Gasteiger charge is 2.26. The summed E-state index contributed by atoms with van der Waals surface area (Å²) in [5.41, 5.74) is 0. The largest absolute Gasteiger partial charge is 0.468 e. The number of nitrogens with one attached hydrogen (secondary N) is 1. The second-order valence-corrected chi connectivity index (χ2v) is 8.57. The molecule has 1 fully saturated rings. The molecule has 1 N–H and O–H groups in total. The lowest BCUT2D eigenvalue weighted by molar-refractivity contribution is -0.121. The van der Waals surface area contributed by atoms with Crippen LogP contribution in [-0.2, 0) is 14.6 Å². The molecule has 1 aromatic carbocycles. The molecule has 0 radical (unpaired) electrons. The first-order valence-electron chi connectivity index (χ1n) is 8.88. The zero-order valence-corrected chi connectivity index (χ0v) is 15.5. The summed E-state index contributed by atoms with van der Waals surface area (Å²) in [6.45, 7) is 2.37. The first kappa shape index (κ1) is 18.7. The van der Waals surface area contributed by atoms with Gasteiger partial charge in [0, 0.05) is 13.0 Å². The van der Waals surface area contributed by atoms with E-state index >= 15 is 0 Å². The number of likely N-dealkylation sites (tertiary alicyclic amines) is 1. The lowest BCUT2D eigenvalue weighted by Gasteiger charge is -2.26. The minimum atomic E-state index is -3.44. The lowest BCUT2D eigenvalue weighted by Crippen LogP contribution is -2.37. The van der Waals surface area contributed by atoms with Gasteiger partial charge in [0.2, 0.25) is 5.91 Å². The van der Waals surface area contributed by atoms with E-state index in [9.17, 15) is 13.2 Å². The van der Waals surface area contributed by atoms with Crippen LogP contribution < -0.4 is 5.32 Å². The number of hydrogen-bond donors (Lipinski definition) is 1. The molecule has 6 nitrogen and oxygen atoms in total. The third-order valence-electron chi connectivity index (χ3n) is 4.65. The van der Waals surface area contributed by atoms with Gasteiger partial charge in [0.05, 0.1) is 23.0 Å². The number of rotatable bonds is 8. The summed E-state index contributed by atoms with van der Waals surface area (Å²) in [6.07, 6.45) is 3.86. The molecule has 1 atom stereocenters. The van der Waals surface area contributed by atoms with E-state index in [1.165, 1.54) is 0 Å². The Labute approximate surface area is 154 Å². The van der Waals surface area contributed by atoms with E-state index in [0.717, 1.165) is 31.7 Å². The number of carbonyl (C=O) groups is 1. The van der Waals surface area contributed by atoms with Gasteiger partial charge in [-0.1, -0.05) is 18.2 Å². The average Bonchev–Trinajstić information content (AvgIpc) is 3.36. The van der Waals surface area contributed by atoms with Crippen LogP contribution in [-0.4, -0.2) is 44.6 Å². The minimum Gasteiger partial charge on any atom is -0.468 e. The molecule has 0 saturated carbocycles. The van der Waals surface area contributed by atoms with Gasteiger partial charge in [0.15, 0.2) is 9.84 Å². The molecule has 1 unspecified atom stereocenters. The van der Waals surface area contributed by atoms with E-state index in [2.05, 4.69) is 10.2 Å². The number of carbonyl (C=O) groups excluding carboxylic acids is 1. The predicted octanol–water partition coefficient (Wildman–Crippen LogP) is 2.40. The van der Waals surface area contributed by atoms with Crippen LogP contribution in [0.5, 0.6) is 0 Å². The summed E-state index contributed by atoms with van der Waals surface area (Å²) in [6, 6.07) is 12.0. The molecular weight excluding hydrogens is 352 g/mol. The fourth-order valence-electron chi connectivity index (χ4n) is 3.22. The van der Waals surface area contributed by atoms with Crippen LogP contribution in [0.1, 0.15) is 31.1 Å². The quantitative estimate of drug-likeness (QED) is 0.765. The third-order valence-corrected chi connectivity index (χ3v) is 6.38. The van der Waals surface area contributed by atoms with Gasteiger partial charge >= 0.3 is 0 Å². The summed E-state index contributed by atoms with van der Waals surface area (Å²) in [4.78, 5) is 14.7. The molecule has 7 heteroatoms. The van der Waals surface area contributed by atoms with Gasteiger partial charge in [0.25, 0.3) is 0 Å². The lowest BCUT2D eigenvalue weighted by atomic mass is 10.2. The smallest absolute Gasteiger partial charge is 0.221 e. The fraction of sp³-hybridized carbons (Fsp3) is 0.421. The molecule has 0 aliphatic carbocycles. The SMILES string of the molecule is O=C(CCS(=O)(=O)c1ccccc1)NCC(c1ccco1)N1CCCC1. The Morgan fingerprint density at radius 1 is 1.12 bits per heavy atom. The van der Waals surface area contributed by atoms with Crippen molar-refractivity contribution in [2.45, 2.75) is 30.2 Å². The number of nitrogens with zero attached hydrogens (tertiary/aromatic N) is 1. The van der Waals surface area contributed by atoms with Crippen molar-refractivity contribution in [2.75, 3.05) is 25.4 Å². The van der Waals surface area contributed by atoms with Gasteiger partial charge in [-0.3, -0.25) is 9.69 Å². The van der Waals surface area contributed by atoms with E-state index in [0.29, 0.717) is 6.54 Å². The standard InChI is InChI=1S/C19H24N2O4S/c22-19(10-14-26(23,24)16-7-2-1-3-8-16)20-15-17(18-9-6-13-25-18)21-11-4-5-12-21/h1-3,6-9,13,17H,4-5,10-12,14-15H2,(H,20,22). The molecular formula is C19H24N2O4S. The molecule has 1 saturated heterocycles. The molecule has 0 spiro atoms. The van der Waals surface area contributed by atoms with Gasteiger partial charge in [0.1, 0.15) is 5.76 Å². The Hall–Kier alpha value is -2.12. The molecule has 3 rings (SSSR count). The maximum atomic E-state index is 12.3. The third kappa shape index (κ3) is 4.74. The fourth-order valence-corrected chi connectivity index (χ4v) is 4.48. The van der Waals surface area contributed by atoms with Crippen molar-refractivity contribution in [2.24, 2.45) is 0 Å². The van der Waals surface area contributed by atoms with Gasteiger partial charge < -0.3 is 9.73 Å². The van der Waals surface area contributed by atoms with Crippen LogP contribution in [0.2, 0.25) is 0 Å². The first-order chi connectivity index (χ1) is 12.6. The van der Waals surface area contributed by atoms with Crippen LogP contribution in [0.25, 0.3) is 0 Å². The molecule has 1 aliphatic rings. The second kappa shape index (κ2) is 8.51. The summed E-state index contributed by atoms with van der Waals surface area (Å²) in [5.74, 6) is 0.363. The highest BCUT2D eigenvalue weighted by atomic mass is 32.2. The van der Waals surface area contributed by atoms with E-state index in [4.69, 9.17) is 4.42 Å². The molecule has 0 bridgehead atoms. The van der Waals surface area contributed by atoms with Crippen molar-refractivity contribution in [1.29, 1.82) is 0 Å². The van der Waals surface area contributed by atoms with Crippen molar-refractivity contribution >= 4 is 15.7 Å². The number of benzene rings is 1. The summed E-state index contributed by atoms with van der Waals surface area (Å²) in [7, 11) is -3.44. The van der Waals surface area contributed by atoms with E-state index < -0.39 is 9.84 Å². The molecule has 140 valence electrons. The summed E-state index contributed by atoms with van der Waals surface area (Å²) in [5, 5.41) is 2.87. The van der Waals surface area contributed by atoms with Crippen LogP contribution in [0.3, 0.4) is 0 Å². The van der Waals surface area contributed by atoms with Crippen molar-refractivity contribution in [3.05, 3.63) is 54.5 Å². The summed E-state index contributed by atoms with van der Waals surface area (Å²) >= 11 is 0. The van der Waals surface area contributed by atoms with Gasteiger partial charge in [-0.25, -0.2) is 8.42 Å². The van der Waals surface area contributed by atoms with Crippen molar-refractivity contribution < 1.29 is 17.6 Å². The van der Waals surface area contributed by atoms with Crippen LogP contribution in [0.15, 0.2) is 58.0 Å². The molecule has 26 heavy (non-hydrogen) atoms. The van der Waals surface area contributed by atoms with Crippen molar-refractivity contribution in [1.82, 2.24) is 10.2 Å². The van der Waals surface area contributed by atoms with Crippen LogP contribution >= 0.6 is 0 Å². The van der Waals surface area contributed by atoms with Crippen molar-refractivity contribution in [3.8, 4) is 0 Å². The zero-order chi connectivity index (χ0) is 18.4. The van der Waals surface area contributed by atoms with Crippen molar-refractivity contribution in [3.63, 3.8) is 0 Å². The highest BCUT2D eigenvalue weighted by Crippen LogP contribution is 2.24. The predicted molar refractivity (Wildman–Crippen MR) is 98.4 cm³/mol. The van der Waals surface area contributed by atoms with Gasteiger partial charge in [-0.05, 0) is 50.2 Å². The van der Waals surface area contributed by atoms with Crippen LogP contribution in [0, 0.1) is 0 Å². The molecule has 2 heterocycles. The molecule has 1 aliphatic heterocycles. The Morgan fingerprint density at radius 3 is 2.50 bits per heavy atom. The Balaban J connectivity index is 1.54. The monoisotopic (exact) mass is 376 g/mol. The van der Waals surface area contributed by atoms with Gasteiger partial charge in [-0.15, -0.1) is 0 Å². The van der Waals surface area contributed by atoms with E-state index in [-0.39, 0.29) is 29.0 Å². The highest BCUT2D eigenvalue weighted by molar-refractivity contribution is 7.91. The Kier molecular flexibility index (Phi) is 6.11. The Morgan fingerprint density at radius 2 is 1.85 bits per heavy atom. The molecule has 2 aromatic rings.